The van der Waals surface area contributed by atoms with Crippen molar-refractivity contribution >= 4 is 34.7 Å². The molecule has 186 valence electrons. The predicted molar refractivity (Wildman–Crippen MR) is 121 cm³/mol. The van der Waals surface area contributed by atoms with Crippen molar-refractivity contribution in [3.05, 3.63) is 62.3 Å². The van der Waals surface area contributed by atoms with Crippen LogP contribution in [0.15, 0.2) is 29.2 Å². The highest BCUT2D eigenvalue weighted by molar-refractivity contribution is 6.29. The number of carbonyl (C=O) groups is 1. The molecule has 0 bridgehead atoms. The van der Waals surface area contributed by atoms with Crippen LogP contribution < -0.4 is 15.8 Å². The molecule has 0 atom stereocenters. The van der Waals surface area contributed by atoms with Crippen molar-refractivity contribution in [2.75, 3.05) is 23.3 Å². The highest BCUT2D eigenvalue weighted by Gasteiger charge is 2.43. The van der Waals surface area contributed by atoms with Crippen LogP contribution in [0.5, 0.6) is 0 Å². The summed E-state index contributed by atoms with van der Waals surface area (Å²) in [5.74, 6) is -1.20. The van der Waals surface area contributed by atoms with Crippen LogP contribution >= 0.6 is 11.6 Å². The summed E-state index contributed by atoms with van der Waals surface area (Å²) in [6.07, 6.45) is -3.81. The van der Waals surface area contributed by atoms with Gasteiger partial charge in [0, 0.05) is 18.3 Å². The van der Waals surface area contributed by atoms with E-state index in [1.165, 1.54) is 19.1 Å². The van der Waals surface area contributed by atoms with E-state index in [1.54, 1.807) is 11.8 Å². The Bertz CT molecular complexity index is 1390. The van der Waals surface area contributed by atoms with Crippen molar-refractivity contribution in [2.45, 2.75) is 38.7 Å². The molecule has 2 N–H and O–H groups in total. The monoisotopic (exact) mass is 513 g/mol. The zero-order chi connectivity index (χ0) is 25.7. The van der Waals surface area contributed by atoms with Gasteiger partial charge in [-0.2, -0.15) is 13.2 Å². The van der Waals surface area contributed by atoms with Crippen LogP contribution in [0.4, 0.5) is 29.1 Å². The topological polar surface area (TPSA) is 99.8 Å². The average molecular weight is 514 g/mol. The molecule has 0 unspecified atom stereocenters. The van der Waals surface area contributed by atoms with Gasteiger partial charge in [-0.1, -0.05) is 18.5 Å². The Balaban J connectivity index is 1.82. The van der Waals surface area contributed by atoms with Crippen LogP contribution in [0.2, 0.25) is 5.15 Å². The first kappa shape index (κ1) is 24.7. The predicted octanol–water partition coefficient (Wildman–Crippen LogP) is 4.32. The molecule has 4 rings (SSSR count). The third-order valence-corrected chi connectivity index (χ3v) is 6.15. The van der Waals surface area contributed by atoms with Crippen molar-refractivity contribution in [3.63, 3.8) is 0 Å². The maximum Gasteiger partial charge on any atom is 0.417 e. The van der Waals surface area contributed by atoms with E-state index < -0.39 is 34.6 Å². The van der Waals surface area contributed by atoms with Gasteiger partial charge < -0.3 is 15.3 Å². The molecule has 1 aliphatic rings. The molecule has 0 aliphatic carbocycles. The summed E-state index contributed by atoms with van der Waals surface area (Å²) in [4.78, 5) is 34.2. The summed E-state index contributed by atoms with van der Waals surface area (Å²) in [6.45, 7) is 2.84. The number of carboxylic acids is 1. The Morgan fingerprint density at radius 1 is 1.29 bits per heavy atom. The van der Waals surface area contributed by atoms with Crippen molar-refractivity contribution in [3.8, 4) is 0 Å². The molecule has 8 nitrogen and oxygen atoms in total. The number of hydrogen-bond donors (Lipinski definition) is 2. The number of nitrogens with one attached hydrogen (secondary N) is 1. The first-order chi connectivity index (χ1) is 16.3. The second-order valence-corrected chi connectivity index (χ2v) is 8.75. The van der Waals surface area contributed by atoms with Gasteiger partial charge in [0.1, 0.15) is 22.3 Å². The maximum atomic E-state index is 14.5. The molecule has 0 spiro atoms. The van der Waals surface area contributed by atoms with E-state index in [0.717, 1.165) is 10.5 Å². The van der Waals surface area contributed by atoms with E-state index in [0.29, 0.717) is 6.20 Å². The van der Waals surface area contributed by atoms with Crippen LogP contribution in [0.1, 0.15) is 40.5 Å². The van der Waals surface area contributed by atoms with Crippen molar-refractivity contribution in [2.24, 2.45) is 0 Å². The van der Waals surface area contributed by atoms with E-state index in [1.807, 2.05) is 0 Å². The number of nitrogens with zero attached hydrogens (tertiary/aromatic N) is 4. The first-order valence-corrected chi connectivity index (χ1v) is 10.9. The highest BCUT2D eigenvalue weighted by atomic mass is 35.5. The number of pyridine rings is 2. The molecule has 4 heterocycles. The summed E-state index contributed by atoms with van der Waals surface area (Å²) in [7, 11) is 0. The molecule has 35 heavy (non-hydrogen) atoms. The number of anilines is 2. The van der Waals surface area contributed by atoms with E-state index >= 15 is 0 Å². The summed E-state index contributed by atoms with van der Waals surface area (Å²) in [5.41, 5.74) is -3.62. The largest absolute Gasteiger partial charge is 0.476 e. The molecular formula is C22H20ClF4N5O3. The average Bonchev–Trinajstić information content (AvgIpc) is 2.77. The Morgan fingerprint density at radius 3 is 2.57 bits per heavy atom. The van der Waals surface area contributed by atoms with Gasteiger partial charge in [0.15, 0.2) is 5.69 Å². The second kappa shape index (κ2) is 8.67. The number of alkyl halides is 4. The number of rotatable bonds is 6. The van der Waals surface area contributed by atoms with Crippen LogP contribution in [0.3, 0.4) is 0 Å². The molecule has 1 aliphatic heterocycles. The Hall–Kier alpha value is -3.41. The smallest absolute Gasteiger partial charge is 0.417 e. The molecule has 13 heteroatoms. The van der Waals surface area contributed by atoms with Crippen molar-refractivity contribution in [1.82, 2.24) is 14.4 Å². The zero-order valence-electron chi connectivity index (χ0n) is 18.6. The van der Waals surface area contributed by atoms with Gasteiger partial charge in [0.25, 0.3) is 5.56 Å². The number of aromatic carboxylic acids is 1. The Morgan fingerprint density at radius 2 is 1.97 bits per heavy atom. The quantitative estimate of drug-likeness (QED) is 0.374. The Kier molecular flexibility index (Phi) is 6.12. The number of fused-ring (bicyclic) bond motifs is 1. The first-order valence-electron chi connectivity index (χ1n) is 10.5. The van der Waals surface area contributed by atoms with Crippen LogP contribution in [0, 0.1) is 6.92 Å². The highest BCUT2D eigenvalue weighted by Crippen LogP contribution is 2.35. The van der Waals surface area contributed by atoms with Crippen LogP contribution in [-0.2, 0) is 12.7 Å². The van der Waals surface area contributed by atoms with Gasteiger partial charge in [-0.25, -0.2) is 19.2 Å². The van der Waals surface area contributed by atoms with Gasteiger partial charge >= 0.3 is 12.1 Å². The third kappa shape index (κ3) is 4.62. The molecule has 1 fully saturated rings. The summed E-state index contributed by atoms with van der Waals surface area (Å²) < 4.78 is 56.1. The van der Waals surface area contributed by atoms with Gasteiger partial charge in [0.05, 0.1) is 29.9 Å². The molecule has 3 aromatic heterocycles. The van der Waals surface area contributed by atoms with Crippen LogP contribution in [0.25, 0.3) is 5.65 Å². The van der Waals surface area contributed by atoms with Crippen molar-refractivity contribution in [1.29, 1.82) is 0 Å². The van der Waals surface area contributed by atoms with Crippen LogP contribution in [-0.4, -0.2) is 44.2 Å². The number of carboxylic acid groups (broad SMARTS) is 1. The lowest BCUT2D eigenvalue weighted by atomic mass is 9.93. The zero-order valence-corrected chi connectivity index (χ0v) is 19.3. The van der Waals surface area contributed by atoms with E-state index in [4.69, 9.17) is 11.6 Å². The Labute approximate surface area is 201 Å². The van der Waals surface area contributed by atoms with Crippen molar-refractivity contribution < 1.29 is 27.5 Å². The number of halogens is 5. The van der Waals surface area contributed by atoms with Gasteiger partial charge in [-0.15, -0.1) is 0 Å². The standard InChI is InChI=1S/C22H20ClF4N5O3/c1-3-21(24)9-31(10-21)17-11(2)19(33)32-8-13(22(25,26)27)6-12(18(32)30-17)7-28-14-4-5-15(23)29-16(14)20(34)35/h4-6,8,28H,3,7,9-10H2,1-2H3,(H,34,35). The van der Waals surface area contributed by atoms with Gasteiger partial charge in [0.2, 0.25) is 0 Å². The van der Waals surface area contributed by atoms with E-state index in [2.05, 4.69) is 15.3 Å². The van der Waals surface area contributed by atoms with E-state index in [9.17, 15) is 32.3 Å². The number of aromatic nitrogens is 3. The summed E-state index contributed by atoms with van der Waals surface area (Å²) >= 11 is 5.75. The minimum absolute atomic E-state index is 0.0135. The molecule has 1 saturated heterocycles. The minimum atomic E-state index is -4.75. The summed E-state index contributed by atoms with van der Waals surface area (Å²) in [5, 5.41) is 12.0. The molecular weight excluding hydrogens is 494 g/mol. The normalized spacial score (nSPS) is 15.2. The molecule has 0 saturated carbocycles. The van der Waals surface area contributed by atoms with Gasteiger partial charge in [-0.3, -0.25) is 9.20 Å². The molecule has 0 amide bonds. The lowest BCUT2D eigenvalue weighted by Crippen LogP contribution is -2.59. The fraction of sp³-hybridized carbons (Fsp3) is 0.364. The minimum Gasteiger partial charge on any atom is -0.476 e. The molecule has 3 aromatic rings. The second-order valence-electron chi connectivity index (χ2n) is 8.36. The van der Waals surface area contributed by atoms with Gasteiger partial charge in [-0.05, 0) is 31.5 Å². The summed E-state index contributed by atoms with van der Waals surface area (Å²) in [6, 6.07) is 3.49. The lowest BCUT2D eigenvalue weighted by molar-refractivity contribution is -0.137. The molecule has 0 aromatic carbocycles. The van der Waals surface area contributed by atoms with E-state index in [-0.39, 0.29) is 59.5 Å². The molecule has 0 radical (unpaired) electrons. The fourth-order valence-corrected chi connectivity index (χ4v) is 4.07. The maximum absolute atomic E-state index is 14.5. The SMILES string of the molecule is CCC1(F)CN(c2nc3c(CNc4ccc(Cl)nc4C(=O)O)cc(C(F)(F)F)cn3c(=O)c2C)C1. The number of hydrogen-bond acceptors (Lipinski definition) is 6. The fourth-order valence-electron chi connectivity index (χ4n) is 3.92. The lowest BCUT2D eigenvalue weighted by Gasteiger charge is -2.45. The third-order valence-electron chi connectivity index (χ3n) is 5.94.